The number of rotatable bonds is 5. The molecule has 1 aliphatic heterocycles. The molecule has 30 heavy (non-hydrogen) atoms. The third-order valence-corrected chi connectivity index (χ3v) is 4.54. The zero-order valence-electron chi connectivity index (χ0n) is 16.0. The number of benzene rings is 1. The Kier molecular flexibility index (Phi) is 6.70. The van der Waals surface area contributed by atoms with E-state index in [9.17, 15) is 22.8 Å². The van der Waals surface area contributed by atoms with E-state index in [0.29, 0.717) is 32.1 Å². The number of amides is 3. The van der Waals surface area contributed by atoms with E-state index in [2.05, 4.69) is 20.6 Å². The molecule has 1 fully saturated rings. The number of nitrogens with one attached hydrogen (secondary N) is 2. The van der Waals surface area contributed by atoms with Crippen LogP contribution in [0.5, 0.6) is 0 Å². The molecule has 0 atom stereocenters. The molecule has 3 amide bonds. The minimum atomic E-state index is -4.49. The summed E-state index contributed by atoms with van der Waals surface area (Å²) in [6, 6.07) is 5.40. The molecule has 0 unspecified atom stereocenters. The van der Waals surface area contributed by atoms with E-state index in [1.54, 1.807) is 23.4 Å². The molecule has 2 aromatic rings. The number of anilines is 2. The summed E-state index contributed by atoms with van der Waals surface area (Å²) in [6.07, 6.45) is -1.07. The Morgan fingerprint density at radius 2 is 1.73 bits per heavy atom. The lowest BCUT2D eigenvalue weighted by Crippen LogP contribution is -2.49. The van der Waals surface area contributed by atoms with Crippen molar-refractivity contribution < 1.29 is 22.8 Å². The van der Waals surface area contributed by atoms with E-state index in [4.69, 9.17) is 0 Å². The maximum atomic E-state index is 12.7. The number of hydrogen-bond donors (Lipinski definition) is 2. The first-order chi connectivity index (χ1) is 14.3. The number of carbonyl (C=O) groups is 2. The lowest BCUT2D eigenvalue weighted by atomic mass is 10.2. The molecule has 1 aromatic carbocycles. The summed E-state index contributed by atoms with van der Waals surface area (Å²) in [6.45, 7) is 2.34. The van der Waals surface area contributed by atoms with E-state index in [1.807, 2.05) is 4.90 Å². The Balaban J connectivity index is 1.39. The van der Waals surface area contributed by atoms with Crippen LogP contribution in [-0.2, 0) is 11.0 Å². The second-order valence-electron chi connectivity index (χ2n) is 6.63. The van der Waals surface area contributed by atoms with Crippen LogP contribution in [0, 0.1) is 0 Å². The minimum Gasteiger partial charge on any atom is -0.339 e. The average Bonchev–Trinajstić information content (AvgIpc) is 2.74. The maximum Gasteiger partial charge on any atom is 0.416 e. The van der Waals surface area contributed by atoms with Gasteiger partial charge in [0.2, 0.25) is 11.9 Å². The number of urea groups is 1. The first kappa shape index (κ1) is 21.3. The predicted octanol–water partition coefficient (Wildman–Crippen LogP) is 2.36. The summed E-state index contributed by atoms with van der Waals surface area (Å²) in [5, 5.41) is 4.82. The van der Waals surface area contributed by atoms with Gasteiger partial charge in [-0.2, -0.15) is 13.2 Å². The van der Waals surface area contributed by atoms with Gasteiger partial charge in [-0.3, -0.25) is 4.79 Å². The van der Waals surface area contributed by atoms with Gasteiger partial charge < -0.3 is 20.4 Å². The highest BCUT2D eigenvalue weighted by Crippen LogP contribution is 2.30. The number of piperazine rings is 1. The number of nitrogens with zero attached hydrogens (tertiary/aromatic N) is 4. The number of hydrogen-bond acceptors (Lipinski definition) is 5. The molecule has 1 aliphatic rings. The van der Waals surface area contributed by atoms with Crippen molar-refractivity contribution in [2.75, 3.05) is 42.9 Å². The van der Waals surface area contributed by atoms with Crippen LogP contribution in [0.2, 0.25) is 0 Å². The molecule has 0 aliphatic carbocycles. The van der Waals surface area contributed by atoms with Crippen LogP contribution in [0.25, 0.3) is 0 Å². The molecule has 8 nitrogen and oxygen atoms in total. The summed E-state index contributed by atoms with van der Waals surface area (Å²) in [5.41, 5.74) is -0.830. The van der Waals surface area contributed by atoms with Gasteiger partial charge in [-0.1, -0.05) is 6.07 Å². The van der Waals surface area contributed by atoms with Gasteiger partial charge in [-0.15, -0.1) is 0 Å². The summed E-state index contributed by atoms with van der Waals surface area (Å²) in [5.74, 6) is 0.514. The summed E-state index contributed by atoms with van der Waals surface area (Å²) >= 11 is 0. The molecule has 0 radical (unpaired) electrons. The molecule has 2 heterocycles. The number of alkyl halides is 3. The minimum absolute atomic E-state index is 0.0212. The molecular formula is C19H21F3N6O2. The number of halogens is 3. The molecule has 0 saturated carbocycles. The zero-order valence-corrected chi connectivity index (χ0v) is 16.0. The van der Waals surface area contributed by atoms with Crippen molar-refractivity contribution in [2.45, 2.75) is 12.6 Å². The van der Waals surface area contributed by atoms with Crippen LogP contribution < -0.4 is 15.5 Å². The van der Waals surface area contributed by atoms with Crippen LogP contribution in [0.1, 0.15) is 12.0 Å². The van der Waals surface area contributed by atoms with Gasteiger partial charge in [0, 0.05) is 57.2 Å². The highest BCUT2D eigenvalue weighted by Gasteiger charge is 2.30. The molecule has 0 bridgehead atoms. The van der Waals surface area contributed by atoms with Gasteiger partial charge in [0.1, 0.15) is 0 Å². The van der Waals surface area contributed by atoms with Crippen molar-refractivity contribution in [1.82, 2.24) is 20.2 Å². The quantitative estimate of drug-likeness (QED) is 0.772. The molecule has 1 saturated heterocycles. The molecule has 160 valence electrons. The zero-order chi connectivity index (χ0) is 21.6. The van der Waals surface area contributed by atoms with Crippen molar-refractivity contribution in [3.8, 4) is 0 Å². The molecule has 2 N–H and O–H groups in total. The lowest BCUT2D eigenvalue weighted by Gasteiger charge is -2.34. The van der Waals surface area contributed by atoms with E-state index in [0.717, 1.165) is 12.1 Å². The standard InChI is InChI=1S/C19H21F3N6O2/c20-19(21,22)14-3-1-4-15(13-14)26-18(30)25-8-5-16(29)27-9-11-28(12-10-27)17-23-6-2-7-24-17/h1-4,6-7,13H,5,8-12H2,(H2,25,26,30). The third kappa shape index (κ3) is 5.82. The number of carbonyl (C=O) groups excluding carboxylic acids is 2. The highest BCUT2D eigenvalue weighted by atomic mass is 19.4. The second kappa shape index (κ2) is 9.42. The molecule has 3 rings (SSSR count). The highest BCUT2D eigenvalue weighted by molar-refractivity contribution is 5.89. The van der Waals surface area contributed by atoms with E-state index in [-0.39, 0.29) is 24.6 Å². The number of aromatic nitrogens is 2. The monoisotopic (exact) mass is 422 g/mol. The SMILES string of the molecule is O=C(NCCC(=O)N1CCN(c2ncccn2)CC1)Nc1cccc(C(F)(F)F)c1. The lowest BCUT2D eigenvalue weighted by molar-refractivity contribution is -0.137. The molecule has 0 spiro atoms. The van der Waals surface area contributed by atoms with Crippen LogP contribution >= 0.6 is 0 Å². The van der Waals surface area contributed by atoms with Crippen molar-refractivity contribution in [1.29, 1.82) is 0 Å². The summed E-state index contributed by atoms with van der Waals surface area (Å²) in [4.78, 5) is 36.3. The van der Waals surface area contributed by atoms with Gasteiger partial charge in [-0.25, -0.2) is 14.8 Å². The normalized spacial score (nSPS) is 14.4. The van der Waals surface area contributed by atoms with E-state index >= 15 is 0 Å². The van der Waals surface area contributed by atoms with Crippen LogP contribution in [-0.4, -0.2) is 59.5 Å². The predicted molar refractivity (Wildman–Crippen MR) is 104 cm³/mol. The molecule has 1 aromatic heterocycles. The fourth-order valence-corrected chi connectivity index (χ4v) is 3.00. The maximum absolute atomic E-state index is 12.7. The smallest absolute Gasteiger partial charge is 0.339 e. The van der Waals surface area contributed by atoms with Gasteiger partial charge >= 0.3 is 12.2 Å². The van der Waals surface area contributed by atoms with Crippen molar-refractivity contribution in [3.05, 3.63) is 48.3 Å². The molecule has 11 heteroatoms. The van der Waals surface area contributed by atoms with Crippen LogP contribution in [0.3, 0.4) is 0 Å². The first-order valence-electron chi connectivity index (χ1n) is 9.35. The fraction of sp³-hybridized carbons (Fsp3) is 0.368. The Hall–Kier alpha value is -3.37. The van der Waals surface area contributed by atoms with Gasteiger partial charge in [0.05, 0.1) is 5.56 Å². The Morgan fingerprint density at radius 3 is 2.40 bits per heavy atom. The van der Waals surface area contributed by atoms with Crippen molar-refractivity contribution in [3.63, 3.8) is 0 Å². The van der Waals surface area contributed by atoms with E-state index < -0.39 is 17.8 Å². The Morgan fingerprint density at radius 1 is 1.03 bits per heavy atom. The summed E-state index contributed by atoms with van der Waals surface area (Å²) in [7, 11) is 0. The largest absolute Gasteiger partial charge is 0.416 e. The first-order valence-corrected chi connectivity index (χ1v) is 9.35. The van der Waals surface area contributed by atoms with Gasteiger partial charge in [0.25, 0.3) is 0 Å². The third-order valence-electron chi connectivity index (χ3n) is 4.54. The van der Waals surface area contributed by atoms with Crippen molar-refractivity contribution >= 4 is 23.6 Å². The van der Waals surface area contributed by atoms with Crippen LogP contribution in [0.4, 0.5) is 29.6 Å². The van der Waals surface area contributed by atoms with Gasteiger partial charge in [-0.05, 0) is 24.3 Å². The van der Waals surface area contributed by atoms with E-state index in [1.165, 1.54) is 12.1 Å². The average molecular weight is 422 g/mol. The van der Waals surface area contributed by atoms with Crippen molar-refractivity contribution in [2.24, 2.45) is 0 Å². The Bertz CT molecular complexity index is 870. The molecular weight excluding hydrogens is 401 g/mol. The summed E-state index contributed by atoms with van der Waals surface area (Å²) < 4.78 is 38.1. The fourth-order valence-electron chi connectivity index (χ4n) is 3.00. The van der Waals surface area contributed by atoms with Crippen LogP contribution in [0.15, 0.2) is 42.7 Å². The topological polar surface area (TPSA) is 90.5 Å². The Labute approximate surface area is 171 Å². The van der Waals surface area contributed by atoms with Gasteiger partial charge in [0.15, 0.2) is 0 Å². The second-order valence-corrected chi connectivity index (χ2v) is 6.63.